The average molecular weight is 330 g/mol. The highest BCUT2D eigenvalue weighted by atomic mass is 19.1. The number of hydrogen-bond donors (Lipinski definition) is 1. The summed E-state index contributed by atoms with van der Waals surface area (Å²) in [5.74, 6) is 0.162. The molecule has 2 rings (SSSR count). The van der Waals surface area contributed by atoms with Crippen LogP contribution in [0.25, 0.3) is 0 Å². The Morgan fingerprint density at radius 3 is 2.42 bits per heavy atom. The molecule has 0 heterocycles. The maximum atomic E-state index is 13.1. The van der Waals surface area contributed by atoms with Crippen LogP contribution in [0.1, 0.15) is 18.0 Å². The second-order valence-electron chi connectivity index (χ2n) is 5.87. The minimum atomic E-state index is -0.288. The molecule has 2 aromatic carbocycles. The summed E-state index contributed by atoms with van der Waals surface area (Å²) in [6, 6.07) is 15.2. The molecule has 1 N–H and O–H groups in total. The molecule has 0 aliphatic heterocycles. The molecule has 0 spiro atoms. The summed E-state index contributed by atoms with van der Waals surface area (Å²) in [4.78, 5) is 14.2. The second kappa shape index (κ2) is 9.03. The fraction of sp³-hybridized carbons (Fsp3) is 0.316. The highest BCUT2D eigenvalue weighted by Crippen LogP contribution is 2.18. The lowest BCUT2D eigenvalue weighted by Gasteiger charge is -2.21. The maximum absolute atomic E-state index is 13.1. The summed E-state index contributed by atoms with van der Waals surface area (Å²) in [6.45, 7) is 0.755. The van der Waals surface area contributed by atoms with Crippen LogP contribution in [0.4, 0.5) is 4.39 Å². The van der Waals surface area contributed by atoms with Crippen molar-refractivity contribution in [1.29, 1.82) is 0 Å². The number of hydrogen-bond acceptors (Lipinski definition) is 3. The van der Waals surface area contributed by atoms with Gasteiger partial charge in [0, 0.05) is 0 Å². The molecular weight excluding hydrogens is 307 g/mol. The molecule has 128 valence electrons. The molecule has 0 aliphatic rings. The van der Waals surface area contributed by atoms with E-state index in [-0.39, 0.29) is 24.4 Å². The number of ether oxygens (including phenoxy) is 1. The molecule has 0 fully saturated rings. The summed E-state index contributed by atoms with van der Waals surface area (Å²) in [5.41, 5.74) is 0.881. The number of nitrogens with zero attached hydrogens (tertiary/aromatic N) is 1. The largest absolute Gasteiger partial charge is 0.484 e. The molecule has 0 saturated carbocycles. The second-order valence-corrected chi connectivity index (χ2v) is 5.87. The Hall–Kier alpha value is -2.40. The van der Waals surface area contributed by atoms with Crippen molar-refractivity contribution in [2.75, 3.05) is 27.2 Å². The molecule has 0 saturated heterocycles. The number of carbonyl (C=O) groups is 1. The average Bonchev–Trinajstić information content (AvgIpc) is 2.58. The van der Waals surface area contributed by atoms with Crippen LogP contribution in [0.15, 0.2) is 54.6 Å². The van der Waals surface area contributed by atoms with Crippen LogP contribution in [0.5, 0.6) is 5.75 Å². The Morgan fingerprint density at radius 2 is 1.79 bits per heavy atom. The summed E-state index contributed by atoms with van der Waals surface area (Å²) < 4.78 is 18.6. The number of benzene rings is 2. The third-order valence-electron chi connectivity index (χ3n) is 3.59. The normalized spacial score (nSPS) is 12.0. The van der Waals surface area contributed by atoms with E-state index < -0.39 is 0 Å². The van der Waals surface area contributed by atoms with Crippen LogP contribution in [-0.2, 0) is 4.79 Å². The molecule has 0 aromatic heterocycles. The molecule has 2 aromatic rings. The van der Waals surface area contributed by atoms with Crippen molar-refractivity contribution in [3.8, 4) is 5.75 Å². The minimum Gasteiger partial charge on any atom is -0.484 e. The van der Waals surface area contributed by atoms with Gasteiger partial charge < -0.3 is 15.0 Å². The molecule has 0 aliphatic carbocycles. The monoisotopic (exact) mass is 330 g/mol. The van der Waals surface area contributed by atoms with E-state index in [1.54, 1.807) is 24.3 Å². The number of amides is 1. The third-order valence-corrected chi connectivity index (χ3v) is 3.59. The van der Waals surface area contributed by atoms with Crippen LogP contribution in [0.2, 0.25) is 0 Å². The van der Waals surface area contributed by atoms with Crippen LogP contribution in [0.3, 0.4) is 0 Å². The molecule has 1 atom stereocenters. The number of nitrogens with one attached hydrogen (secondary N) is 1. The SMILES string of the molecule is CN(C)CCC(NC(=O)COc1ccccc1)c1ccc(F)cc1. The molecule has 24 heavy (non-hydrogen) atoms. The van der Waals surface area contributed by atoms with Gasteiger partial charge in [0.2, 0.25) is 0 Å². The van der Waals surface area contributed by atoms with Gasteiger partial charge in [-0.2, -0.15) is 0 Å². The minimum absolute atomic E-state index is 0.0519. The zero-order valence-electron chi connectivity index (χ0n) is 14.0. The van der Waals surface area contributed by atoms with Crippen molar-refractivity contribution >= 4 is 5.91 Å². The van der Waals surface area contributed by atoms with E-state index in [4.69, 9.17) is 4.74 Å². The molecular formula is C19H23FN2O2. The van der Waals surface area contributed by atoms with Crippen molar-refractivity contribution in [2.24, 2.45) is 0 Å². The van der Waals surface area contributed by atoms with E-state index in [2.05, 4.69) is 5.32 Å². The molecule has 4 nitrogen and oxygen atoms in total. The van der Waals surface area contributed by atoms with E-state index in [0.29, 0.717) is 5.75 Å². The summed E-state index contributed by atoms with van der Waals surface area (Å²) >= 11 is 0. The lowest BCUT2D eigenvalue weighted by Crippen LogP contribution is -2.34. The zero-order valence-corrected chi connectivity index (χ0v) is 14.0. The first-order valence-electron chi connectivity index (χ1n) is 7.92. The van der Waals surface area contributed by atoms with E-state index >= 15 is 0 Å². The topological polar surface area (TPSA) is 41.6 Å². The van der Waals surface area contributed by atoms with Crippen LogP contribution in [-0.4, -0.2) is 38.1 Å². The summed E-state index contributed by atoms with van der Waals surface area (Å²) in [6.07, 6.45) is 0.732. The molecule has 1 amide bonds. The fourth-order valence-electron chi connectivity index (χ4n) is 2.31. The molecule has 5 heteroatoms. The Labute approximate surface area is 142 Å². The first-order chi connectivity index (χ1) is 11.5. The summed E-state index contributed by atoms with van der Waals surface area (Å²) in [7, 11) is 3.95. The fourth-order valence-corrected chi connectivity index (χ4v) is 2.31. The van der Waals surface area contributed by atoms with Gasteiger partial charge in [-0.05, 0) is 56.9 Å². The quantitative estimate of drug-likeness (QED) is 0.809. The molecule has 0 radical (unpaired) electrons. The van der Waals surface area contributed by atoms with Crippen LogP contribution in [0, 0.1) is 5.82 Å². The highest BCUT2D eigenvalue weighted by Gasteiger charge is 2.15. The van der Waals surface area contributed by atoms with Crippen LogP contribution >= 0.6 is 0 Å². The van der Waals surface area contributed by atoms with Crippen molar-refractivity contribution < 1.29 is 13.9 Å². The van der Waals surface area contributed by atoms with Gasteiger partial charge in [-0.1, -0.05) is 30.3 Å². The molecule has 1 unspecified atom stereocenters. The lowest BCUT2D eigenvalue weighted by atomic mass is 10.0. The van der Waals surface area contributed by atoms with Crippen molar-refractivity contribution in [1.82, 2.24) is 10.2 Å². The number of para-hydroxylation sites is 1. The number of carbonyl (C=O) groups excluding carboxylic acids is 1. The smallest absolute Gasteiger partial charge is 0.258 e. The third kappa shape index (κ3) is 6.01. The van der Waals surface area contributed by atoms with Gasteiger partial charge in [0.05, 0.1) is 6.04 Å². The van der Waals surface area contributed by atoms with E-state index in [1.165, 1.54) is 12.1 Å². The van der Waals surface area contributed by atoms with Crippen molar-refractivity contribution in [3.63, 3.8) is 0 Å². The zero-order chi connectivity index (χ0) is 17.4. The van der Waals surface area contributed by atoms with Crippen LogP contribution < -0.4 is 10.1 Å². The Morgan fingerprint density at radius 1 is 1.12 bits per heavy atom. The van der Waals surface area contributed by atoms with Gasteiger partial charge in [-0.3, -0.25) is 4.79 Å². The van der Waals surface area contributed by atoms with E-state index in [9.17, 15) is 9.18 Å². The number of rotatable bonds is 8. The standard InChI is InChI=1S/C19H23FN2O2/c1-22(2)13-12-18(15-8-10-16(20)11-9-15)21-19(23)14-24-17-6-4-3-5-7-17/h3-11,18H,12-14H2,1-2H3,(H,21,23). The lowest BCUT2D eigenvalue weighted by molar-refractivity contribution is -0.123. The summed E-state index contributed by atoms with van der Waals surface area (Å²) in [5, 5.41) is 2.97. The van der Waals surface area contributed by atoms with Gasteiger partial charge in [0.15, 0.2) is 6.61 Å². The number of halogens is 1. The van der Waals surface area contributed by atoms with E-state index in [1.807, 2.05) is 37.2 Å². The van der Waals surface area contributed by atoms with Gasteiger partial charge in [-0.15, -0.1) is 0 Å². The van der Waals surface area contributed by atoms with Gasteiger partial charge >= 0.3 is 0 Å². The van der Waals surface area contributed by atoms with Crippen molar-refractivity contribution in [2.45, 2.75) is 12.5 Å². The van der Waals surface area contributed by atoms with Gasteiger partial charge in [-0.25, -0.2) is 4.39 Å². The highest BCUT2D eigenvalue weighted by molar-refractivity contribution is 5.78. The molecule has 0 bridgehead atoms. The van der Waals surface area contributed by atoms with Gasteiger partial charge in [0.25, 0.3) is 5.91 Å². The van der Waals surface area contributed by atoms with E-state index in [0.717, 1.165) is 18.5 Å². The Bertz CT molecular complexity index is 630. The first-order valence-corrected chi connectivity index (χ1v) is 7.92. The maximum Gasteiger partial charge on any atom is 0.258 e. The predicted octanol–water partition coefficient (Wildman–Crippen LogP) is 3.01. The first kappa shape index (κ1) is 17.9. The Kier molecular flexibility index (Phi) is 6.75. The Balaban J connectivity index is 1.96. The van der Waals surface area contributed by atoms with Gasteiger partial charge in [0.1, 0.15) is 11.6 Å². The predicted molar refractivity (Wildman–Crippen MR) is 92.4 cm³/mol. The van der Waals surface area contributed by atoms with Crippen molar-refractivity contribution in [3.05, 3.63) is 66.0 Å².